The Balaban J connectivity index is 2.40. The lowest BCUT2D eigenvalue weighted by molar-refractivity contribution is -0.144. The second kappa shape index (κ2) is 5.11. The van der Waals surface area contributed by atoms with Gasteiger partial charge in [-0.2, -0.15) is 13.2 Å². The SMILES string of the molecule is Nc1cc(Nc2cc(F)c(F)cc2F)nc(C(F)(F)F)n1. The lowest BCUT2D eigenvalue weighted by Crippen LogP contribution is -2.14. The van der Waals surface area contributed by atoms with E-state index >= 15 is 0 Å². The van der Waals surface area contributed by atoms with Crippen LogP contribution in [0.3, 0.4) is 0 Å². The normalized spacial score (nSPS) is 11.5. The predicted octanol–water partition coefficient (Wildman–Crippen LogP) is 3.24. The Labute approximate surface area is 113 Å². The molecular formula is C11H6F6N4. The maximum Gasteiger partial charge on any atom is 0.451 e. The first-order valence-corrected chi connectivity index (χ1v) is 5.30. The summed E-state index contributed by atoms with van der Waals surface area (Å²) in [5, 5.41) is 2.08. The van der Waals surface area contributed by atoms with Crippen molar-refractivity contribution in [3.05, 3.63) is 41.5 Å². The number of halogens is 6. The molecule has 1 heterocycles. The highest BCUT2D eigenvalue weighted by Crippen LogP contribution is 2.29. The lowest BCUT2D eigenvalue weighted by Gasteiger charge is -2.11. The third kappa shape index (κ3) is 3.33. The van der Waals surface area contributed by atoms with Crippen LogP contribution in [0.15, 0.2) is 18.2 Å². The average molecular weight is 308 g/mol. The molecule has 0 radical (unpaired) electrons. The molecule has 1 aromatic carbocycles. The van der Waals surface area contributed by atoms with Gasteiger partial charge in [0.25, 0.3) is 0 Å². The Kier molecular flexibility index (Phi) is 3.62. The van der Waals surface area contributed by atoms with Crippen LogP contribution in [0.2, 0.25) is 0 Å². The molecule has 21 heavy (non-hydrogen) atoms. The van der Waals surface area contributed by atoms with Gasteiger partial charge >= 0.3 is 6.18 Å². The molecular weight excluding hydrogens is 302 g/mol. The highest BCUT2D eigenvalue weighted by Gasteiger charge is 2.35. The molecule has 0 aliphatic heterocycles. The Hall–Kier alpha value is -2.52. The Morgan fingerprint density at radius 2 is 1.52 bits per heavy atom. The van der Waals surface area contributed by atoms with Gasteiger partial charge < -0.3 is 11.1 Å². The van der Waals surface area contributed by atoms with Crippen LogP contribution in [0.4, 0.5) is 43.7 Å². The van der Waals surface area contributed by atoms with Crippen LogP contribution in [0.1, 0.15) is 5.82 Å². The molecule has 0 fully saturated rings. The topological polar surface area (TPSA) is 63.8 Å². The fourth-order valence-electron chi connectivity index (χ4n) is 1.41. The van der Waals surface area contributed by atoms with Crippen molar-refractivity contribution in [2.45, 2.75) is 6.18 Å². The summed E-state index contributed by atoms with van der Waals surface area (Å²) in [5.41, 5.74) is 4.59. The van der Waals surface area contributed by atoms with E-state index in [1.54, 1.807) is 0 Å². The zero-order valence-electron chi connectivity index (χ0n) is 9.97. The van der Waals surface area contributed by atoms with Gasteiger partial charge in [0.1, 0.15) is 17.5 Å². The Morgan fingerprint density at radius 1 is 0.905 bits per heavy atom. The molecule has 0 unspecified atom stereocenters. The molecule has 0 amide bonds. The van der Waals surface area contributed by atoms with Gasteiger partial charge in [-0.1, -0.05) is 0 Å². The van der Waals surface area contributed by atoms with Crippen LogP contribution >= 0.6 is 0 Å². The van der Waals surface area contributed by atoms with Crippen molar-refractivity contribution in [1.29, 1.82) is 0 Å². The Morgan fingerprint density at radius 3 is 2.14 bits per heavy atom. The first-order valence-electron chi connectivity index (χ1n) is 5.30. The number of aromatic nitrogens is 2. The second-order valence-corrected chi connectivity index (χ2v) is 3.87. The molecule has 0 spiro atoms. The van der Waals surface area contributed by atoms with Crippen molar-refractivity contribution >= 4 is 17.3 Å². The van der Waals surface area contributed by atoms with Crippen molar-refractivity contribution in [2.24, 2.45) is 0 Å². The van der Waals surface area contributed by atoms with Crippen LogP contribution in [0.5, 0.6) is 0 Å². The molecule has 2 rings (SSSR count). The molecule has 0 atom stereocenters. The zero-order valence-corrected chi connectivity index (χ0v) is 9.97. The van der Waals surface area contributed by atoms with Crippen molar-refractivity contribution in [3.8, 4) is 0 Å². The Bertz CT molecular complexity index is 685. The van der Waals surface area contributed by atoms with Gasteiger partial charge in [-0.3, -0.25) is 0 Å². The van der Waals surface area contributed by atoms with Crippen molar-refractivity contribution in [3.63, 3.8) is 0 Å². The smallest absolute Gasteiger partial charge is 0.384 e. The predicted molar refractivity (Wildman–Crippen MR) is 61.0 cm³/mol. The summed E-state index contributed by atoms with van der Waals surface area (Å²) in [5.74, 6) is -6.61. The summed E-state index contributed by atoms with van der Waals surface area (Å²) in [6, 6.07) is 1.57. The van der Waals surface area contributed by atoms with Gasteiger partial charge in [-0.15, -0.1) is 0 Å². The van der Waals surface area contributed by atoms with Crippen LogP contribution in [-0.4, -0.2) is 9.97 Å². The van der Waals surface area contributed by atoms with E-state index in [-0.39, 0.29) is 6.07 Å². The fourth-order valence-corrected chi connectivity index (χ4v) is 1.41. The van der Waals surface area contributed by atoms with E-state index in [0.717, 1.165) is 6.07 Å². The van der Waals surface area contributed by atoms with E-state index in [4.69, 9.17) is 5.73 Å². The highest BCUT2D eigenvalue weighted by molar-refractivity contribution is 5.59. The minimum atomic E-state index is -4.86. The van der Waals surface area contributed by atoms with Gasteiger partial charge in [0.05, 0.1) is 5.69 Å². The number of nitrogen functional groups attached to an aromatic ring is 1. The molecule has 0 saturated heterocycles. The number of nitrogens with zero attached hydrogens (tertiary/aromatic N) is 2. The fraction of sp³-hybridized carbons (Fsp3) is 0.0909. The number of nitrogens with one attached hydrogen (secondary N) is 1. The number of nitrogens with two attached hydrogens (primary N) is 1. The lowest BCUT2D eigenvalue weighted by atomic mass is 10.3. The summed E-state index contributed by atoms with van der Waals surface area (Å²) in [6.45, 7) is 0. The molecule has 0 aliphatic carbocycles. The van der Waals surface area contributed by atoms with E-state index in [0.29, 0.717) is 6.07 Å². The number of hydrogen-bond donors (Lipinski definition) is 2. The summed E-state index contributed by atoms with van der Waals surface area (Å²) in [7, 11) is 0. The van der Waals surface area contributed by atoms with E-state index in [1.807, 2.05) is 0 Å². The number of alkyl halides is 3. The third-order valence-electron chi connectivity index (χ3n) is 2.27. The van der Waals surface area contributed by atoms with Gasteiger partial charge in [0.2, 0.25) is 5.82 Å². The quantitative estimate of drug-likeness (QED) is 0.660. The molecule has 3 N–H and O–H groups in total. The van der Waals surface area contributed by atoms with Crippen LogP contribution in [-0.2, 0) is 6.18 Å². The number of benzene rings is 1. The summed E-state index contributed by atoms with van der Waals surface area (Å²) in [6.07, 6.45) is -4.86. The van der Waals surface area contributed by atoms with Crippen LogP contribution < -0.4 is 11.1 Å². The third-order valence-corrected chi connectivity index (χ3v) is 2.27. The minimum Gasteiger partial charge on any atom is -0.384 e. The highest BCUT2D eigenvalue weighted by atomic mass is 19.4. The summed E-state index contributed by atoms with van der Waals surface area (Å²) in [4.78, 5) is 6.06. The van der Waals surface area contributed by atoms with Gasteiger partial charge in [-0.25, -0.2) is 23.1 Å². The minimum absolute atomic E-state index is 0.243. The molecule has 0 saturated carbocycles. The molecule has 4 nitrogen and oxygen atoms in total. The number of rotatable bonds is 2. The maximum atomic E-state index is 13.4. The molecule has 112 valence electrons. The van der Waals surface area contributed by atoms with Gasteiger partial charge in [0, 0.05) is 18.2 Å². The monoisotopic (exact) mass is 308 g/mol. The van der Waals surface area contributed by atoms with Crippen molar-refractivity contribution < 1.29 is 26.3 Å². The zero-order chi connectivity index (χ0) is 15.8. The van der Waals surface area contributed by atoms with Gasteiger partial charge in [-0.05, 0) is 0 Å². The first kappa shape index (κ1) is 14.9. The average Bonchev–Trinajstić information content (AvgIpc) is 2.34. The van der Waals surface area contributed by atoms with E-state index in [2.05, 4.69) is 15.3 Å². The molecule has 10 heteroatoms. The summed E-state index contributed by atoms with van der Waals surface area (Å²) >= 11 is 0. The van der Waals surface area contributed by atoms with Crippen LogP contribution in [0.25, 0.3) is 0 Å². The van der Waals surface area contributed by atoms with Gasteiger partial charge in [0.15, 0.2) is 11.6 Å². The van der Waals surface area contributed by atoms with E-state index in [1.165, 1.54) is 0 Å². The number of hydrogen-bond acceptors (Lipinski definition) is 4. The van der Waals surface area contributed by atoms with Crippen molar-refractivity contribution in [2.75, 3.05) is 11.1 Å². The molecule has 0 aliphatic rings. The maximum absolute atomic E-state index is 13.4. The van der Waals surface area contributed by atoms with E-state index in [9.17, 15) is 26.3 Å². The standard InChI is InChI=1S/C11H6F6N4/c12-4-1-6(14)7(2-5(4)13)19-9-3-8(18)20-10(21-9)11(15,16)17/h1-3H,(H3,18,19,20,21). The number of anilines is 3. The van der Waals surface area contributed by atoms with E-state index < -0.39 is 46.8 Å². The molecule has 2 aromatic rings. The van der Waals surface area contributed by atoms with Crippen molar-refractivity contribution in [1.82, 2.24) is 9.97 Å². The first-order chi connectivity index (χ1) is 9.66. The molecule has 1 aromatic heterocycles. The largest absolute Gasteiger partial charge is 0.451 e. The van der Waals surface area contributed by atoms with Crippen LogP contribution in [0, 0.1) is 17.5 Å². The molecule has 0 bridgehead atoms. The summed E-state index contributed by atoms with van der Waals surface area (Å²) < 4.78 is 76.6. The second-order valence-electron chi connectivity index (χ2n) is 3.87.